The van der Waals surface area contributed by atoms with Crippen molar-refractivity contribution >= 4 is 23.5 Å². The van der Waals surface area contributed by atoms with E-state index in [9.17, 15) is 14.4 Å². The van der Waals surface area contributed by atoms with Crippen LogP contribution in [-0.4, -0.2) is 31.4 Å². The van der Waals surface area contributed by atoms with Gasteiger partial charge in [0.05, 0.1) is 19.2 Å². The topological polar surface area (TPSA) is 84.5 Å². The Morgan fingerprint density at radius 2 is 1.56 bits per heavy atom. The van der Waals surface area contributed by atoms with Gasteiger partial charge in [-0.25, -0.2) is 4.79 Å². The summed E-state index contributed by atoms with van der Waals surface area (Å²) >= 11 is 0. The molecule has 144 valence electrons. The van der Waals surface area contributed by atoms with Gasteiger partial charge in [-0.15, -0.1) is 0 Å². The molecule has 0 heterocycles. The lowest BCUT2D eigenvalue weighted by molar-refractivity contribution is -0.146. The molecule has 6 nitrogen and oxygen atoms in total. The Balaban J connectivity index is 1.30. The monoisotopic (exact) mass is 370 g/mol. The maximum absolute atomic E-state index is 12.9. The van der Waals surface area contributed by atoms with Gasteiger partial charge in [-0.05, 0) is 80.5 Å². The van der Waals surface area contributed by atoms with Crippen molar-refractivity contribution < 1.29 is 19.1 Å². The van der Waals surface area contributed by atoms with Gasteiger partial charge < -0.3 is 15.4 Å². The highest BCUT2D eigenvalue weighted by Crippen LogP contribution is 2.60. The fourth-order valence-corrected chi connectivity index (χ4v) is 5.75. The SMILES string of the molecule is COC(=O)c1ccc(NC(=O)CNC(=O)C23CC4CC(CC(C4)C2)C3)cc1. The van der Waals surface area contributed by atoms with Crippen LogP contribution in [0.4, 0.5) is 5.69 Å². The Bertz CT molecular complexity index is 721. The number of nitrogens with one attached hydrogen (secondary N) is 2. The van der Waals surface area contributed by atoms with Crippen LogP contribution in [0.2, 0.25) is 0 Å². The van der Waals surface area contributed by atoms with Crippen molar-refractivity contribution in [2.24, 2.45) is 23.2 Å². The average Bonchev–Trinajstić information content (AvgIpc) is 2.65. The Hall–Kier alpha value is -2.37. The summed E-state index contributed by atoms with van der Waals surface area (Å²) < 4.78 is 4.65. The van der Waals surface area contributed by atoms with E-state index in [2.05, 4.69) is 15.4 Å². The third-order valence-corrected chi connectivity index (χ3v) is 6.52. The van der Waals surface area contributed by atoms with E-state index < -0.39 is 5.97 Å². The first-order valence-electron chi connectivity index (χ1n) is 9.74. The summed E-state index contributed by atoms with van der Waals surface area (Å²) in [5, 5.41) is 5.62. The second kappa shape index (κ2) is 6.98. The molecule has 0 saturated heterocycles. The van der Waals surface area contributed by atoms with Gasteiger partial charge in [-0.2, -0.15) is 0 Å². The average molecular weight is 370 g/mol. The predicted octanol–water partition coefficient (Wildman–Crippen LogP) is 2.74. The summed E-state index contributed by atoms with van der Waals surface area (Å²) in [5.74, 6) is 1.46. The highest BCUT2D eigenvalue weighted by molar-refractivity contribution is 5.96. The third kappa shape index (κ3) is 3.57. The van der Waals surface area contributed by atoms with E-state index in [1.165, 1.54) is 26.4 Å². The number of hydrogen-bond donors (Lipinski definition) is 2. The molecule has 4 bridgehead atoms. The summed E-state index contributed by atoms with van der Waals surface area (Å²) in [7, 11) is 1.32. The molecule has 0 unspecified atom stereocenters. The molecule has 4 saturated carbocycles. The van der Waals surface area contributed by atoms with Gasteiger partial charge in [0.25, 0.3) is 0 Å². The van der Waals surface area contributed by atoms with E-state index in [-0.39, 0.29) is 23.8 Å². The first kappa shape index (κ1) is 18.0. The van der Waals surface area contributed by atoms with Crippen molar-refractivity contribution in [3.05, 3.63) is 29.8 Å². The van der Waals surface area contributed by atoms with Crippen LogP contribution >= 0.6 is 0 Å². The van der Waals surface area contributed by atoms with E-state index in [4.69, 9.17) is 0 Å². The van der Waals surface area contributed by atoms with Crippen molar-refractivity contribution in [1.29, 1.82) is 0 Å². The molecule has 27 heavy (non-hydrogen) atoms. The summed E-state index contributed by atoms with van der Waals surface area (Å²) in [4.78, 5) is 36.5. The molecule has 0 aliphatic heterocycles. The van der Waals surface area contributed by atoms with Gasteiger partial charge in [-0.3, -0.25) is 9.59 Å². The standard InChI is InChI=1S/C21H26N2O4/c1-27-19(25)16-2-4-17(5-3-16)23-18(24)12-22-20(26)21-9-13-6-14(10-21)8-15(7-13)11-21/h2-5,13-15H,6-12H2,1H3,(H,22,26)(H,23,24). The van der Waals surface area contributed by atoms with Gasteiger partial charge in [0.2, 0.25) is 11.8 Å². The number of methoxy groups -OCH3 is 1. The van der Waals surface area contributed by atoms with E-state index >= 15 is 0 Å². The number of rotatable bonds is 5. The molecule has 1 aromatic rings. The van der Waals surface area contributed by atoms with Crippen molar-refractivity contribution in [2.75, 3.05) is 19.0 Å². The molecule has 2 N–H and O–H groups in total. The first-order chi connectivity index (χ1) is 13.0. The Morgan fingerprint density at radius 1 is 1.00 bits per heavy atom. The molecule has 6 heteroatoms. The number of ether oxygens (including phenoxy) is 1. The van der Waals surface area contributed by atoms with Gasteiger partial charge in [0, 0.05) is 11.1 Å². The number of anilines is 1. The first-order valence-corrected chi connectivity index (χ1v) is 9.74. The van der Waals surface area contributed by atoms with Gasteiger partial charge in [-0.1, -0.05) is 0 Å². The van der Waals surface area contributed by atoms with E-state index in [0.717, 1.165) is 19.3 Å². The Labute approximate surface area is 159 Å². The Morgan fingerprint density at radius 3 is 2.07 bits per heavy atom. The minimum absolute atomic E-state index is 0.0284. The van der Waals surface area contributed by atoms with Crippen LogP contribution in [0.3, 0.4) is 0 Å². The largest absolute Gasteiger partial charge is 0.465 e. The Kier molecular flexibility index (Phi) is 4.66. The van der Waals surface area contributed by atoms with Gasteiger partial charge >= 0.3 is 5.97 Å². The molecule has 4 aliphatic rings. The molecule has 2 amide bonds. The number of esters is 1. The minimum Gasteiger partial charge on any atom is -0.465 e. The number of amides is 2. The summed E-state index contributed by atoms with van der Waals surface area (Å²) in [6, 6.07) is 6.47. The third-order valence-electron chi connectivity index (χ3n) is 6.52. The molecular formula is C21H26N2O4. The number of carbonyl (C=O) groups is 3. The van der Waals surface area contributed by atoms with E-state index in [1.807, 2.05) is 0 Å². The molecule has 0 aromatic heterocycles. The second-order valence-electron chi connectivity index (χ2n) is 8.50. The lowest BCUT2D eigenvalue weighted by atomic mass is 9.49. The van der Waals surface area contributed by atoms with Gasteiger partial charge in [0.15, 0.2) is 0 Å². The number of carbonyl (C=O) groups excluding carboxylic acids is 3. The van der Waals surface area contributed by atoms with Crippen LogP contribution in [0.15, 0.2) is 24.3 Å². The lowest BCUT2D eigenvalue weighted by Gasteiger charge is -2.55. The fraction of sp³-hybridized carbons (Fsp3) is 0.571. The second-order valence-corrected chi connectivity index (χ2v) is 8.50. The molecule has 4 fully saturated rings. The lowest BCUT2D eigenvalue weighted by Crippen LogP contribution is -2.54. The zero-order valence-corrected chi connectivity index (χ0v) is 15.6. The molecule has 4 aliphatic carbocycles. The highest BCUT2D eigenvalue weighted by atomic mass is 16.5. The van der Waals surface area contributed by atoms with E-state index in [1.54, 1.807) is 24.3 Å². The van der Waals surface area contributed by atoms with Crippen molar-refractivity contribution in [3.8, 4) is 0 Å². The molecule has 0 radical (unpaired) electrons. The van der Waals surface area contributed by atoms with Crippen LogP contribution in [0.25, 0.3) is 0 Å². The molecule has 5 rings (SSSR count). The molecular weight excluding hydrogens is 344 g/mol. The summed E-state index contributed by atoms with van der Waals surface area (Å²) in [5.41, 5.74) is 0.763. The smallest absolute Gasteiger partial charge is 0.337 e. The molecule has 1 aromatic carbocycles. The fourth-order valence-electron chi connectivity index (χ4n) is 5.75. The van der Waals surface area contributed by atoms with Crippen LogP contribution in [0.1, 0.15) is 48.9 Å². The summed E-state index contributed by atoms with van der Waals surface area (Å²) in [6.45, 7) is -0.0284. The van der Waals surface area contributed by atoms with Crippen molar-refractivity contribution in [1.82, 2.24) is 5.32 Å². The highest BCUT2D eigenvalue weighted by Gasteiger charge is 2.54. The van der Waals surface area contributed by atoms with Crippen molar-refractivity contribution in [2.45, 2.75) is 38.5 Å². The zero-order chi connectivity index (χ0) is 19.0. The van der Waals surface area contributed by atoms with Crippen LogP contribution in [0, 0.1) is 23.2 Å². The van der Waals surface area contributed by atoms with E-state index in [0.29, 0.717) is 29.0 Å². The van der Waals surface area contributed by atoms with Crippen molar-refractivity contribution in [3.63, 3.8) is 0 Å². The zero-order valence-electron chi connectivity index (χ0n) is 15.6. The van der Waals surface area contributed by atoms with Crippen LogP contribution in [-0.2, 0) is 14.3 Å². The normalized spacial score (nSPS) is 30.6. The van der Waals surface area contributed by atoms with Gasteiger partial charge in [0.1, 0.15) is 0 Å². The molecule has 0 spiro atoms. The van der Waals surface area contributed by atoms with Crippen LogP contribution < -0.4 is 10.6 Å². The quantitative estimate of drug-likeness (QED) is 0.781. The maximum Gasteiger partial charge on any atom is 0.337 e. The number of benzene rings is 1. The number of hydrogen-bond acceptors (Lipinski definition) is 4. The predicted molar refractivity (Wildman–Crippen MR) is 100 cm³/mol. The maximum atomic E-state index is 12.9. The van der Waals surface area contributed by atoms with Crippen LogP contribution in [0.5, 0.6) is 0 Å². The molecule has 0 atom stereocenters. The minimum atomic E-state index is -0.421. The summed E-state index contributed by atoms with van der Waals surface area (Å²) in [6.07, 6.45) is 6.82.